The predicted molar refractivity (Wildman–Crippen MR) is 145 cm³/mol. The monoisotopic (exact) mass is 559 g/mol. The fraction of sp³-hybridized carbons (Fsp3) is 0.538. The molecule has 5 N–H and O–H groups in total. The number of piperazine rings is 1. The van der Waals surface area contributed by atoms with Crippen molar-refractivity contribution in [3.8, 4) is 5.88 Å². The highest BCUT2D eigenvalue weighted by molar-refractivity contribution is 7.11. The lowest BCUT2D eigenvalue weighted by atomic mass is 10.1. The number of rotatable bonds is 12. The molecule has 39 heavy (non-hydrogen) atoms. The fourth-order valence-corrected chi connectivity index (χ4v) is 5.33. The smallest absolute Gasteiger partial charge is 0.319 e. The number of nitrogens with two attached hydrogens (primary N) is 1. The molecule has 2 aromatic rings. The maximum atomic E-state index is 14.2. The number of nitrogens with zero attached hydrogens (tertiary/aromatic N) is 3. The quantitative estimate of drug-likeness (QED) is 0.292. The summed E-state index contributed by atoms with van der Waals surface area (Å²) in [4.78, 5) is 41.8. The maximum absolute atomic E-state index is 14.2. The van der Waals surface area contributed by atoms with E-state index in [2.05, 4.69) is 30.1 Å². The van der Waals surface area contributed by atoms with Gasteiger partial charge in [-0.15, -0.1) is 0 Å². The molecule has 2 saturated carbocycles. The lowest BCUT2D eigenvalue weighted by molar-refractivity contribution is 0.0945. The van der Waals surface area contributed by atoms with E-state index < -0.39 is 23.7 Å². The highest BCUT2D eigenvalue weighted by Crippen LogP contribution is 2.31. The number of halogens is 1. The Bertz CT molecular complexity index is 1210. The number of benzene rings is 1. The van der Waals surface area contributed by atoms with Gasteiger partial charge in [0.25, 0.3) is 11.8 Å². The van der Waals surface area contributed by atoms with Gasteiger partial charge in [0, 0.05) is 44.8 Å². The molecular formula is C26H34FN7O4S. The number of amides is 4. The van der Waals surface area contributed by atoms with Gasteiger partial charge in [0.15, 0.2) is 0 Å². The number of primary amides is 1. The van der Waals surface area contributed by atoms with E-state index in [-0.39, 0.29) is 34.7 Å². The molecule has 0 spiro atoms. The minimum atomic E-state index is -0.803. The van der Waals surface area contributed by atoms with Crippen LogP contribution in [0.3, 0.4) is 0 Å². The Morgan fingerprint density at radius 2 is 1.90 bits per heavy atom. The third kappa shape index (κ3) is 7.43. The number of aromatic nitrogens is 1. The summed E-state index contributed by atoms with van der Waals surface area (Å²) in [5.41, 5.74) is 5.94. The molecule has 0 bridgehead atoms. The second-order valence-electron chi connectivity index (χ2n) is 10.2. The van der Waals surface area contributed by atoms with Crippen LogP contribution in [-0.4, -0.2) is 83.4 Å². The van der Waals surface area contributed by atoms with Crippen molar-refractivity contribution in [3.63, 3.8) is 0 Å². The average Bonchev–Trinajstić information content (AvgIpc) is 3.85. The highest BCUT2D eigenvalue weighted by Gasteiger charge is 2.31. The fourth-order valence-electron chi connectivity index (χ4n) is 4.60. The van der Waals surface area contributed by atoms with E-state index in [1.807, 2.05) is 0 Å². The van der Waals surface area contributed by atoms with Crippen LogP contribution in [0.4, 0.5) is 14.2 Å². The molecule has 1 aliphatic heterocycles. The third-order valence-corrected chi connectivity index (χ3v) is 7.85. The van der Waals surface area contributed by atoms with Crippen molar-refractivity contribution in [1.29, 1.82) is 0 Å². The molecule has 210 valence electrons. The SMILES string of the molecule is NC(=O)c1c(OCc2ccc(F)c(C(=O)NC3CC3)c2)nsc1NC(=O)NCCCN1CCN(C2CC2)CC1. The van der Waals surface area contributed by atoms with Crippen molar-refractivity contribution in [2.24, 2.45) is 5.73 Å². The van der Waals surface area contributed by atoms with Gasteiger partial charge in [0.1, 0.15) is 23.0 Å². The summed E-state index contributed by atoms with van der Waals surface area (Å²) < 4.78 is 24.0. The first-order chi connectivity index (χ1) is 18.9. The van der Waals surface area contributed by atoms with E-state index in [0.29, 0.717) is 12.1 Å². The van der Waals surface area contributed by atoms with Crippen LogP contribution in [0.2, 0.25) is 0 Å². The zero-order valence-corrected chi connectivity index (χ0v) is 22.5. The van der Waals surface area contributed by atoms with Crippen molar-refractivity contribution in [1.82, 2.24) is 24.8 Å². The number of hydrogen-bond donors (Lipinski definition) is 4. The number of anilines is 1. The Balaban J connectivity index is 1.09. The van der Waals surface area contributed by atoms with Crippen molar-refractivity contribution in [3.05, 3.63) is 40.7 Å². The summed E-state index contributed by atoms with van der Waals surface area (Å²) in [6.45, 7) is 5.67. The second kappa shape index (κ2) is 12.3. The second-order valence-corrected chi connectivity index (χ2v) is 11.0. The van der Waals surface area contributed by atoms with Gasteiger partial charge >= 0.3 is 6.03 Å². The van der Waals surface area contributed by atoms with E-state index in [1.54, 1.807) is 0 Å². The minimum Gasteiger partial charge on any atom is -0.472 e. The van der Waals surface area contributed by atoms with Gasteiger partial charge in [-0.2, -0.15) is 4.37 Å². The van der Waals surface area contributed by atoms with Gasteiger partial charge in [-0.3, -0.25) is 19.8 Å². The van der Waals surface area contributed by atoms with Gasteiger partial charge in [-0.1, -0.05) is 6.07 Å². The molecule has 5 rings (SSSR count). The van der Waals surface area contributed by atoms with Crippen LogP contribution in [0, 0.1) is 5.82 Å². The van der Waals surface area contributed by atoms with Crippen LogP contribution in [0.25, 0.3) is 0 Å². The van der Waals surface area contributed by atoms with Crippen molar-refractivity contribution < 1.29 is 23.5 Å². The maximum Gasteiger partial charge on any atom is 0.319 e. The molecule has 3 aliphatic rings. The molecule has 2 heterocycles. The van der Waals surface area contributed by atoms with Crippen LogP contribution in [0.5, 0.6) is 5.88 Å². The predicted octanol–water partition coefficient (Wildman–Crippen LogP) is 2.14. The number of ether oxygens (including phenoxy) is 1. The third-order valence-electron chi connectivity index (χ3n) is 7.10. The number of urea groups is 1. The number of carbonyl (C=O) groups excluding carboxylic acids is 3. The molecule has 1 aromatic heterocycles. The first-order valence-electron chi connectivity index (χ1n) is 13.4. The molecule has 2 aliphatic carbocycles. The Kier molecular flexibility index (Phi) is 8.58. The molecule has 1 aromatic carbocycles. The van der Waals surface area contributed by atoms with Gasteiger partial charge in [0.2, 0.25) is 5.88 Å². The largest absolute Gasteiger partial charge is 0.472 e. The molecule has 13 heteroatoms. The van der Waals surface area contributed by atoms with Crippen LogP contribution in [-0.2, 0) is 6.61 Å². The highest BCUT2D eigenvalue weighted by atomic mass is 32.1. The van der Waals surface area contributed by atoms with Crippen LogP contribution in [0.1, 0.15) is 58.4 Å². The first-order valence-corrected chi connectivity index (χ1v) is 14.2. The zero-order valence-electron chi connectivity index (χ0n) is 21.7. The number of carbonyl (C=O) groups is 3. The normalized spacial score (nSPS) is 18.0. The summed E-state index contributed by atoms with van der Waals surface area (Å²) in [6.07, 6.45) is 5.26. The molecule has 3 fully saturated rings. The Morgan fingerprint density at radius 1 is 1.13 bits per heavy atom. The summed E-state index contributed by atoms with van der Waals surface area (Å²) in [7, 11) is 0. The molecule has 1 saturated heterocycles. The van der Waals surface area contributed by atoms with Gasteiger partial charge < -0.3 is 26.0 Å². The van der Waals surface area contributed by atoms with E-state index in [1.165, 1.54) is 31.0 Å². The molecule has 4 amide bonds. The first kappa shape index (κ1) is 27.3. The molecule has 11 nitrogen and oxygen atoms in total. The molecule has 0 atom stereocenters. The van der Waals surface area contributed by atoms with Crippen molar-refractivity contribution in [2.45, 2.75) is 50.8 Å². The lowest BCUT2D eigenvalue weighted by Crippen LogP contribution is -2.47. The zero-order chi connectivity index (χ0) is 27.4. The summed E-state index contributed by atoms with van der Waals surface area (Å²) in [6, 6.07) is 4.53. The summed E-state index contributed by atoms with van der Waals surface area (Å²) in [5.74, 6) is -1.95. The number of hydrogen-bond acceptors (Lipinski definition) is 8. The Labute approximate surface area is 230 Å². The number of nitrogens with one attached hydrogen (secondary N) is 3. The summed E-state index contributed by atoms with van der Waals surface area (Å²) >= 11 is 0.877. The van der Waals surface area contributed by atoms with E-state index in [4.69, 9.17) is 10.5 Å². The average molecular weight is 560 g/mol. The molecular weight excluding hydrogens is 525 g/mol. The van der Waals surface area contributed by atoms with E-state index >= 15 is 0 Å². The molecule has 0 radical (unpaired) electrons. The van der Waals surface area contributed by atoms with Crippen molar-refractivity contribution >= 4 is 34.4 Å². The van der Waals surface area contributed by atoms with Gasteiger partial charge in [-0.05, 0) is 67.9 Å². The Hall–Kier alpha value is -3.29. The molecule has 0 unspecified atom stereocenters. The van der Waals surface area contributed by atoms with Crippen molar-refractivity contribution in [2.75, 3.05) is 44.6 Å². The van der Waals surface area contributed by atoms with Gasteiger partial charge in [-0.25, -0.2) is 9.18 Å². The van der Waals surface area contributed by atoms with Crippen LogP contribution < -0.4 is 26.4 Å². The van der Waals surface area contributed by atoms with Crippen LogP contribution in [0.15, 0.2) is 18.2 Å². The summed E-state index contributed by atoms with van der Waals surface area (Å²) in [5, 5.41) is 8.37. The Morgan fingerprint density at radius 3 is 2.59 bits per heavy atom. The minimum absolute atomic E-state index is 0.0403. The topological polar surface area (TPSA) is 142 Å². The van der Waals surface area contributed by atoms with E-state index in [9.17, 15) is 18.8 Å². The van der Waals surface area contributed by atoms with Gasteiger partial charge in [0.05, 0.1) is 5.56 Å². The standard InChI is InChI=1S/C26H34FN7O4S/c27-20-7-2-16(14-19(20)23(36)30-17-3-4-17)15-38-24-21(22(28)35)25(39-32-24)31-26(37)29-8-1-9-33-10-12-34(13-11-33)18-5-6-18/h2,7,14,17-18H,1,3-6,8-13,15H2,(H2,28,35)(H,30,36)(H2,29,31,37). The van der Waals surface area contributed by atoms with E-state index in [0.717, 1.165) is 69.6 Å². The van der Waals surface area contributed by atoms with Crippen LogP contribution >= 0.6 is 11.5 Å². The lowest BCUT2D eigenvalue weighted by Gasteiger charge is -2.34.